The first-order chi connectivity index (χ1) is 13.3. The van der Waals surface area contributed by atoms with Crippen molar-refractivity contribution in [3.05, 3.63) is 71.0 Å². The van der Waals surface area contributed by atoms with Gasteiger partial charge in [-0.25, -0.2) is 4.39 Å². The van der Waals surface area contributed by atoms with Crippen LogP contribution in [0.25, 0.3) is 0 Å². The number of hydrogen-bond acceptors (Lipinski definition) is 3. The van der Waals surface area contributed by atoms with Gasteiger partial charge in [-0.05, 0) is 55.2 Å². The van der Waals surface area contributed by atoms with Gasteiger partial charge in [-0.3, -0.25) is 25.2 Å². The highest BCUT2D eigenvalue weighted by Crippen LogP contribution is 2.10. The van der Waals surface area contributed by atoms with Crippen LogP contribution in [-0.4, -0.2) is 23.8 Å². The monoisotopic (exact) mass is 385 g/mol. The molecule has 148 valence electrons. The maximum Gasteiger partial charge on any atom is 0.269 e. The van der Waals surface area contributed by atoms with E-state index in [1.165, 1.54) is 12.1 Å². The maximum atomic E-state index is 12.9. The molecule has 7 heteroatoms. The van der Waals surface area contributed by atoms with E-state index in [-0.39, 0.29) is 17.4 Å². The number of carbonyl (C=O) groups is 3. The van der Waals surface area contributed by atoms with Gasteiger partial charge in [0.1, 0.15) is 11.9 Å². The van der Waals surface area contributed by atoms with Gasteiger partial charge in [0.05, 0.1) is 0 Å². The highest BCUT2D eigenvalue weighted by atomic mass is 19.1. The highest BCUT2D eigenvalue weighted by molar-refractivity contribution is 5.99. The van der Waals surface area contributed by atoms with Crippen LogP contribution in [-0.2, 0) is 4.79 Å². The Kier molecular flexibility index (Phi) is 7.26. The van der Waals surface area contributed by atoms with E-state index in [9.17, 15) is 18.8 Å². The van der Waals surface area contributed by atoms with E-state index in [0.29, 0.717) is 12.0 Å². The number of hydrazine groups is 1. The molecule has 0 saturated carbocycles. The Morgan fingerprint density at radius 1 is 0.929 bits per heavy atom. The van der Waals surface area contributed by atoms with Gasteiger partial charge in [0.25, 0.3) is 17.7 Å². The summed E-state index contributed by atoms with van der Waals surface area (Å²) < 4.78 is 12.9. The van der Waals surface area contributed by atoms with Crippen molar-refractivity contribution in [3.8, 4) is 0 Å². The predicted molar refractivity (Wildman–Crippen MR) is 104 cm³/mol. The molecule has 0 bridgehead atoms. The Labute approximate surface area is 163 Å². The van der Waals surface area contributed by atoms with E-state index in [2.05, 4.69) is 16.2 Å². The number of halogens is 1. The molecule has 0 aliphatic rings. The minimum absolute atomic E-state index is 0.140. The molecule has 6 nitrogen and oxygen atoms in total. The number of nitrogens with one attached hydrogen (secondary N) is 3. The largest absolute Gasteiger partial charge is 0.340 e. The lowest BCUT2D eigenvalue weighted by Gasteiger charge is -2.21. The van der Waals surface area contributed by atoms with Crippen molar-refractivity contribution in [1.29, 1.82) is 0 Å². The lowest BCUT2D eigenvalue weighted by Crippen LogP contribution is -2.52. The van der Waals surface area contributed by atoms with Crippen LogP contribution in [0.3, 0.4) is 0 Å². The standard InChI is InChI=1S/C21H24FN3O3/c1-13(2)12-18(23-20(27)17-7-5-4-6-14(17)3)21(28)25-24-19(26)15-8-10-16(22)11-9-15/h4-11,13,18H,12H2,1-3H3,(H,23,27)(H,24,26)(H,25,28). The summed E-state index contributed by atoms with van der Waals surface area (Å²) in [6.07, 6.45) is 0.399. The van der Waals surface area contributed by atoms with Gasteiger partial charge < -0.3 is 5.32 Å². The Bertz CT molecular complexity index is 850. The van der Waals surface area contributed by atoms with Gasteiger partial charge in [-0.15, -0.1) is 0 Å². The third kappa shape index (κ3) is 5.90. The molecule has 3 amide bonds. The van der Waals surface area contributed by atoms with E-state index in [4.69, 9.17) is 0 Å². The van der Waals surface area contributed by atoms with E-state index >= 15 is 0 Å². The Morgan fingerprint density at radius 2 is 1.57 bits per heavy atom. The van der Waals surface area contributed by atoms with Crippen molar-refractivity contribution in [3.63, 3.8) is 0 Å². The summed E-state index contributed by atoms with van der Waals surface area (Å²) >= 11 is 0. The third-order valence-electron chi connectivity index (χ3n) is 4.12. The lowest BCUT2D eigenvalue weighted by atomic mass is 10.0. The molecule has 0 heterocycles. The normalized spacial score (nSPS) is 11.6. The summed E-state index contributed by atoms with van der Waals surface area (Å²) in [6, 6.07) is 11.2. The predicted octanol–water partition coefficient (Wildman–Crippen LogP) is 2.74. The van der Waals surface area contributed by atoms with E-state index in [1.807, 2.05) is 32.9 Å². The van der Waals surface area contributed by atoms with Gasteiger partial charge in [-0.1, -0.05) is 32.0 Å². The van der Waals surface area contributed by atoms with E-state index in [0.717, 1.165) is 17.7 Å². The topological polar surface area (TPSA) is 87.3 Å². The maximum absolute atomic E-state index is 12.9. The fourth-order valence-electron chi connectivity index (χ4n) is 2.65. The second-order valence-corrected chi connectivity index (χ2v) is 6.92. The summed E-state index contributed by atoms with van der Waals surface area (Å²) in [5, 5.41) is 2.72. The van der Waals surface area contributed by atoms with Crippen LogP contribution in [0, 0.1) is 18.7 Å². The zero-order valence-electron chi connectivity index (χ0n) is 16.1. The molecule has 0 fully saturated rings. The van der Waals surface area contributed by atoms with Crippen LogP contribution in [0.2, 0.25) is 0 Å². The van der Waals surface area contributed by atoms with E-state index in [1.54, 1.807) is 12.1 Å². The molecule has 1 unspecified atom stereocenters. The molecule has 0 saturated heterocycles. The summed E-state index contributed by atoms with van der Waals surface area (Å²) in [5.41, 5.74) is 6.09. The van der Waals surface area contributed by atoms with Crippen LogP contribution in [0.15, 0.2) is 48.5 Å². The first-order valence-corrected chi connectivity index (χ1v) is 9.00. The SMILES string of the molecule is Cc1ccccc1C(=O)NC(CC(C)C)C(=O)NNC(=O)c1ccc(F)cc1. The quantitative estimate of drug-likeness (QED) is 0.668. The van der Waals surface area contributed by atoms with Gasteiger partial charge in [0.2, 0.25) is 0 Å². The Hall–Kier alpha value is -3.22. The molecule has 2 aromatic carbocycles. The third-order valence-corrected chi connectivity index (χ3v) is 4.12. The molecular weight excluding hydrogens is 361 g/mol. The summed E-state index contributed by atoms with van der Waals surface area (Å²) in [7, 11) is 0. The van der Waals surface area contributed by atoms with E-state index < -0.39 is 23.7 Å². The number of benzene rings is 2. The number of carbonyl (C=O) groups excluding carboxylic acids is 3. The van der Waals surface area contributed by atoms with Crippen molar-refractivity contribution in [2.24, 2.45) is 5.92 Å². The molecule has 1 atom stereocenters. The molecule has 0 aliphatic heterocycles. The smallest absolute Gasteiger partial charge is 0.269 e. The van der Waals surface area contributed by atoms with Crippen molar-refractivity contribution >= 4 is 17.7 Å². The number of hydrogen-bond donors (Lipinski definition) is 3. The average Bonchev–Trinajstić information content (AvgIpc) is 2.65. The van der Waals surface area contributed by atoms with Crippen LogP contribution in [0.4, 0.5) is 4.39 Å². The molecular formula is C21H24FN3O3. The van der Waals surface area contributed by atoms with Gasteiger partial charge in [0.15, 0.2) is 0 Å². The fraction of sp³-hybridized carbons (Fsp3) is 0.286. The first-order valence-electron chi connectivity index (χ1n) is 9.00. The Balaban J connectivity index is 2.02. The average molecular weight is 385 g/mol. The number of aryl methyl sites for hydroxylation is 1. The highest BCUT2D eigenvalue weighted by Gasteiger charge is 2.23. The van der Waals surface area contributed by atoms with Crippen LogP contribution >= 0.6 is 0 Å². The minimum Gasteiger partial charge on any atom is -0.340 e. The zero-order chi connectivity index (χ0) is 20.7. The van der Waals surface area contributed by atoms with Gasteiger partial charge in [-0.2, -0.15) is 0 Å². The molecule has 28 heavy (non-hydrogen) atoms. The molecule has 0 spiro atoms. The summed E-state index contributed by atoms with van der Waals surface area (Å²) in [6.45, 7) is 5.67. The van der Waals surface area contributed by atoms with Crippen LogP contribution < -0.4 is 16.2 Å². The second-order valence-electron chi connectivity index (χ2n) is 6.92. The van der Waals surface area contributed by atoms with Crippen LogP contribution in [0.5, 0.6) is 0 Å². The fourth-order valence-corrected chi connectivity index (χ4v) is 2.65. The van der Waals surface area contributed by atoms with Crippen molar-refractivity contribution in [2.45, 2.75) is 33.2 Å². The molecule has 3 N–H and O–H groups in total. The van der Waals surface area contributed by atoms with Crippen molar-refractivity contribution in [2.75, 3.05) is 0 Å². The minimum atomic E-state index is -0.819. The molecule has 0 radical (unpaired) electrons. The summed E-state index contributed by atoms with van der Waals surface area (Å²) in [5.74, 6) is -1.80. The molecule has 2 aromatic rings. The molecule has 2 rings (SSSR count). The lowest BCUT2D eigenvalue weighted by molar-refractivity contribution is -0.124. The summed E-state index contributed by atoms with van der Waals surface area (Å²) in [4.78, 5) is 37.1. The second kappa shape index (κ2) is 9.64. The Morgan fingerprint density at radius 3 is 2.18 bits per heavy atom. The number of rotatable bonds is 6. The molecule has 0 aromatic heterocycles. The van der Waals surface area contributed by atoms with Gasteiger partial charge >= 0.3 is 0 Å². The van der Waals surface area contributed by atoms with Gasteiger partial charge in [0, 0.05) is 11.1 Å². The molecule has 0 aliphatic carbocycles. The zero-order valence-corrected chi connectivity index (χ0v) is 16.1. The van der Waals surface area contributed by atoms with Crippen molar-refractivity contribution in [1.82, 2.24) is 16.2 Å². The first kappa shape index (κ1) is 21.1. The van der Waals surface area contributed by atoms with Crippen LogP contribution in [0.1, 0.15) is 46.5 Å². The van der Waals surface area contributed by atoms with Crippen molar-refractivity contribution < 1.29 is 18.8 Å². The number of amides is 3.